The second kappa shape index (κ2) is 6.48. The van der Waals surface area contributed by atoms with Crippen molar-refractivity contribution in [2.45, 2.75) is 58.4 Å². The van der Waals surface area contributed by atoms with Gasteiger partial charge in [-0.05, 0) is 75.3 Å². The molecule has 5 nitrogen and oxygen atoms in total. The first-order valence-electron chi connectivity index (χ1n) is 8.31. The molecule has 1 aromatic rings. The lowest BCUT2D eigenvalue weighted by molar-refractivity contribution is -0.132. The average Bonchev–Trinajstić information content (AvgIpc) is 3.00. The van der Waals surface area contributed by atoms with Crippen LogP contribution in [0, 0.1) is 34.6 Å². The maximum Gasteiger partial charge on any atom is 0.244 e. The van der Waals surface area contributed by atoms with Gasteiger partial charge in [0, 0.05) is 20.6 Å². The van der Waals surface area contributed by atoms with E-state index < -0.39 is 16.1 Å². The first kappa shape index (κ1) is 18.9. The van der Waals surface area contributed by atoms with Gasteiger partial charge in [-0.1, -0.05) is 0 Å². The van der Waals surface area contributed by atoms with E-state index in [4.69, 9.17) is 0 Å². The van der Waals surface area contributed by atoms with Gasteiger partial charge in [0.1, 0.15) is 6.04 Å². The molecule has 1 unspecified atom stereocenters. The fraction of sp³-hybridized carbons (Fsp3) is 0.611. The Bertz CT molecular complexity index is 753. The Kier molecular flexibility index (Phi) is 5.11. The van der Waals surface area contributed by atoms with Gasteiger partial charge in [-0.15, -0.1) is 0 Å². The summed E-state index contributed by atoms with van der Waals surface area (Å²) in [6.07, 6.45) is 1.30. The van der Waals surface area contributed by atoms with Crippen LogP contribution in [0.5, 0.6) is 0 Å². The average molecular weight is 353 g/mol. The number of carbonyl (C=O) groups is 1. The van der Waals surface area contributed by atoms with Crippen molar-refractivity contribution in [3.8, 4) is 0 Å². The van der Waals surface area contributed by atoms with Gasteiger partial charge in [-0.3, -0.25) is 4.79 Å². The summed E-state index contributed by atoms with van der Waals surface area (Å²) in [7, 11) is -0.366. The van der Waals surface area contributed by atoms with Crippen molar-refractivity contribution in [3.63, 3.8) is 0 Å². The molecule has 6 heteroatoms. The predicted molar refractivity (Wildman–Crippen MR) is 95.7 cm³/mol. The van der Waals surface area contributed by atoms with Crippen LogP contribution < -0.4 is 0 Å². The lowest BCUT2D eigenvalue weighted by atomic mass is 9.95. The molecule has 1 aliphatic heterocycles. The van der Waals surface area contributed by atoms with Crippen LogP contribution in [0.2, 0.25) is 0 Å². The number of benzene rings is 1. The van der Waals surface area contributed by atoms with Gasteiger partial charge < -0.3 is 4.90 Å². The van der Waals surface area contributed by atoms with Gasteiger partial charge in [0.25, 0.3) is 0 Å². The van der Waals surface area contributed by atoms with E-state index in [2.05, 4.69) is 0 Å². The van der Waals surface area contributed by atoms with E-state index in [1.807, 2.05) is 34.6 Å². The number of rotatable bonds is 3. The Hall–Kier alpha value is -1.40. The Morgan fingerprint density at radius 3 is 1.88 bits per heavy atom. The number of likely N-dealkylation sites (N-methyl/N-ethyl adjacent to an activating group) is 1. The highest BCUT2D eigenvalue weighted by Gasteiger charge is 2.41. The SMILES string of the molecule is Cc1c(C)c(C)c(S(=O)(=O)N2CCCC2C(=O)N(C)C)c(C)c1C. The first-order chi connectivity index (χ1) is 11.0. The van der Waals surface area contributed by atoms with Gasteiger partial charge >= 0.3 is 0 Å². The predicted octanol–water partition coefficient (Wildman–Crippen LogP) is 2.47. The molecule has 1 heterocycles. The second-order valence-electron chi connectivity index (χ2n) is 6.96. The molecular formula is C18H28N2O3S. The summed E-state index contributed by atoms with van der Waals surface area (Å²) in [5.74, 6) is -0.146. The molecule has 0 spiro atoms. The summed E-state index contributed by atoms with van der Waals surface area (Å²) >= 11 is 0. The molecule has 1 fully saturated rings. The van der Waals surface area contributed by atoms with Crippen molar-refractivity contribution in [3.05, 3.63) is 27.8 Å². The fourth-order valence-corrected chi connectivity index (χ4v) is 5.76. The monoisotopic (exact) mass is 352 g/mol. The van der Waals surface area contributed by atoms with Gasteiger partial charge in [0.2, 0.25) is 15.9 Å². The normalized spacial score (nSPS) is 18.9. The van der Waals surface area contributed by atoms with E-state index >= 15 is 0 Å². The minimum atomic E-state index is -3.70. The molecule has 1 aromatic carbocycles. The minimum absolute atomic E-state index is 0.146. The van der Waals surface area contributed by atoms with Crippen LogP contribution in [-0.2, 0) is 14.8 Å². The molecular weight excluding hydrogens is 324 g/mol. The third-order valence-corrected chi connectivity index (χ3v) is 7.61. The van der Waals surface area contributed by atoms with E-state index in [-0.39, 0.29) is 5.91 Å². The Morgan fingerprint density at radius 2 is 1.42 bits per heavy atom. The third-order valence-electron chi connectivity index (χ3n) is 5.43. The third kappa shape index (κ3) is 2.86. The minimum Gasteiger partial charge on any atom is -0.347 e. The van der Waals surface area contributed by atoms with E-state index in [1.54, 1.807) is 14.1 Å². The van der Waals surface area contributed by atoms with Crippen molar-refractivity contribution in [2.24, 2.45) is 0 Å². The highest BCUT2D eigenvalue weighted by atomic mass is 32.2. The summed E-state index contributed by atoms with van der Waals surface area (Å²) in [6, 6.07) is -0.592. The smallest absolute Gasteiger partial charge is 0.244 e. The maximum absolute atomic E-state index is 13.4. The Labute approximate surface area is 145 Å². The molecule has 0 N–H and O–H groups in total. The van der Waals surface area contributed by atoms with Crippen molar-refractivity contribution < 1.29 is 13.2 Å². The van der Waals surface area contributed by atoms with E-state index in [0.29, 0.717) is 24.3 Å². The molecule has 0 saturated carbocycles. The van der Waals surface area contributed by atoms with Crippen molar-refractivity contribution >= 4 is 15.9 Å². The molecule has 134 valence electrons. The Morgan fingerprint density at radius 1 is 0.958 bits per heavy atom. The van der Waals surface area contributed by atoms with Crippen molar-refractivity contribution in [1.29, 1.82) is 0 Å². The molecule has 1 aliphatic rings. The summed E-state index contributed by atoms with van der Waals surface area (Å²) < 4.78 is 28.2. The summed E-state index contributed by atoms with van der Waals surface area (Å²) in [5, 5.41) is 0. The first-order valence-corrected chi connectivity index (χ1v) is 9.75. The largest absolute Gasteiger partial charge is 0.347 e. The summed E-state index contributed by atoms with van der Waals surface area (Å²) in [5.41, 5.74) is 4.72. The number of nitrogens with zero attached hydrogens (tertiary/aromatic N) is 2. The Balaban J connectivity index is 2.62. The van der Waals surface area contributed by atoms with Crippen LogP contribution in [0.4, 0.5) is 0 Å². The molecule has 0 radical (unpaired) electrons. The second-order valence-corrected chi connectivity index (χ2v) is 8.79. The zero-order valence-corrected chi connectivity index (χ0v) is 16.5. The highest BCUT2D eigenvalue weighted by molar-refractivity contribution is 7.89. The molecule has 2 rings (SSSR count). The molecule has 1 amide bonds. The quantitative estimate of drug-likeness (QED) is 0.840. The van der Waals surface area contributed by atoms with Crippen LogP contribution in [0.1, 0.15) is 40.7 Å². The molecule has 1 saturated heterocycles. The maximum atomic E-state index is 13.4. The van der Waals surface area contributed by atoms with E-state index in [9.17, 15) is 13.2 Å². The van der Waals surface area contributed by atoms with E-state index in [1.165, 1.54) is 9.21 Å². The van der Waals surface area contributed by atoms with Crippen LogP contribution in [0.15, 0.2) is 4.90 Å². The lowest BCUT2D eigenvalue weighted by Crippen LogP contribution is -2.45. The lowest BCUT2D eigenvalue weighted by Gasteiger charge is -2.28. The van der Waals surface area contributed by atoms with Crippen LogP contribution in [0.3, 0.4) is 0 Å². The molecule has 0 aromatic heterocycles. The van der Waals surface area contributed by atoms with Gasteiger partial charge in [0.15, 0.2) is 0 Å². The van der Waals surface area contributed by atoms with E-state index in [0.717, 1.165) is 27.8 Å². The number of hydrogen-bond acceptors (Lipinski definition) is 3. The van der Waals surface area contributed by atoms with Crippen LogP contribution in [-0.4, -0.2) is 50.2 Å². The standard InChI is InChI=1S/C18H28N2O3S/c1-11-12(2)14(4)17(15(5)13(11)3)24(22,23)20-10-8-9-16(20)18(21)19(6)7/h16H,8-10H2,1-7H3. The molecule has 24 heavy (non-hydrogen) atoms. The van der Waals surface area contributed by atoms with Crippen molar-refractivity contribution in [2.75, 3.05) is 20.6 Å². The number of amides is 1. The van der Waals surface area contributed by atoms with Crippen LogP contribution in [0.25, 0.3) is 0 Å². The van der Waals surface area contributed by atoms with Crippen LogP contribution >= 0.6 is 0 Å². The summed E-state index contributed by atoms with van der Waals surface area (Å²) in [4.78, 5) is 14.3. The number of carbonyl (C=O) groups excluding carboxylic acids is 1. The van der Waals surface area contributed by atoms with Gasteiger partial charge in [-0.2, -0.15) is 4.31 Å². The van der Waals surface area contributed by atoms with Gasteiger partial charge in [-0.25, -0.2) is 8.42 Å². The topological polar surface area (TPSA) is 57.7 Å². The highest BCUT2D eigenvalue weighted by Crippen LogP contribution is 2.34. The fourth-order valence-electron chi connectivity index (χ4n) is 3.54. The summed E-state index contributed by atoms with van der Waals surface area (Å²) in [6.45, 7) is 10.1. The zero-order valence-electron chi connectivity index (χ0n) is 15.7. The van der Waals surface area contributed by atoms with Gasteiger partial charge in [0.05, 0.1) is 4.90 Å². The number of hydrogen-bond donors (Lipinski definition) is 0. The molecule has 0 aliphatic carbocycles. The molecule has 0 bridgehead atoms. The molecule has 1 atom stereocenters. The van der Waals surface area contributed by atoms with Crippen molar-refractivity contribution in [1.82, 2.24) is 9.21 Å². The zero-order chi connectivity index (χ0) is 18.4. The number of sulfonamides is 1.